The molecule has 0 aliphatic heterocycles. The number of aromatic amines is 1. The zero-order valence-electron chi connectivity index (χ0n) is 9.80. The molecular weight excluding hydrogens is 266 g/mol. The normalized spacial score (nSPS) is 12.6. The average molecular weight is 286 g/mol. The van der Waals surface area contributed by atoms with E-state index in [1.165, 1.54) is 12.8 Å². The molecule has 3 nitrogen and oxygen atoms in total. The third-order valence-electron chi connectivity index (χ3n) is 2.70. The predicted octanol–water partition coefficient (Wildman–Crippen LogP) is 3.25. The van der Waals surface area contributed by atoms with Crippen LogP contribution in [-0.2, 0) is 6.54 Å². The molecule has 0 bridgehead atoms. The van der Waals surface area contributed by atoms with E-state index in [1.807, 2.05) is 6.08 Å². The lowest BCUT2D eigenvalue weighted by Gasteiger charge is -2.12. The molecule has 0 aliphatic carbocycles. The molecule has 1 aromatic rings. The van der Waals surface area contributed by atoms with Gasteiger partial charge in [-0.05, 0) is 41.2 Å². The van der Waals surface area contributed by atoms with Gasteiger partial charge in [0.2, 0.25) is 0 Å². The van der Waals surface area contributed by atoms with Gasteiger partial charge in [-0.25, -0.2) is 4.98 Å². The quantitative estimate of drug-likeness (QED) is 0.569. The lowest BCUT2D eigenvalue weighted by molar-refractivity contribution is 0.454. The largest absolute Gasteiger partial charge is 0.336 e. The van der Waals surface area contributed by atoms with E-state index >= 15 is 0 Å². The van der Waals surface area contributed by atoms with Crippen molar-refractivity contribution >= 4 is 15.9 Å². The van der Waals surface area contributed by atoms with Gasteiger partial charge in [-0.3, -0.25) is 0 Å². The van der Waals surface area contributed by atoms with Crippen LogP contribution >= 0.6 is 15.9 Å². The molecule has 16 heavy (non-hydrogen) atoms. The molecule has 1 atom stereocenters. The van der Waals surface area contributed by atoms with Gasteiger partial charge in [0.25, 0.3) is 0 Å². The molecule has 4 heteroatoms. The van der Waals surface area contributed by atoms with E-state index in [2.05, 4.69) is 44.7 Å². The van der Waals surface area contributed by atoms with Crippen molar-refractivity contribution in [3.63, 3.8) is 0 Å². The number of aromatic nitrogens is 2. The van der Waals surface area contributed by atoms with E-state index in [1.54, 1.807) is 6.20 Å². The van der Waals surface area contributed by atoms with Crippen LogP contribution in [0.3, 0.4) is 0 Å². The Hall–Kier alpha value is -0.610. The van der Waals surface area contributed by atoms with Crippen molar-refractivity contribution in [3.05, 3.63) is 29.3 Å². The molecule has 1 aromatic heterocycles. The summed E-state index contributed by atoms with van der Waals surface area (Å²) in [5, 5.41) is 3.39. The van der Waals surface area contributed by atoms with Crippen molar-refractivity contribution in [1.29, 1.82) is 0 Å². The first kappa shape index (κ1) is 13.5. The Bertz CT molecular complexity index is 309. The summed E-state index contributed by atoms with van der Waals surface area (Å²) >= 11 is 3.34. The minimum absolute atomic E-state index is 0.758. The second kappa shape index (κ2) is 7.63. The number of rotatable bonds is 8. The standard InChI is InChI=1S/C12H20BrN3/c1-3-5-10(4-2)6-7-14-9-12-15-8-11(13)16-12/h3,8,10,14H,1,4-7,9H2,2H3,(H,15,16). The predicted molar refractivity (Wildman–Crippen MR) is 71.2 cm³/mol. The molecule has 0 saturated carbocycles. The first-order valence-corrected chi connectivity index (χ1v) is 6.56. The summed E-state index contributed by atoms with van der Waals surface area (Å²) in [5.74, 6) is 1.73. The highest BCUT2D eigenvalue weighted by Gasteiger charge is 2.03. The van der Waals surface area contributed by atoms with Gasteiger partial charge in [0.05, 0.1) is 12.7 Å². The van der Waals surface area contributed by atoms with Crippen molar-refractivity contribution in [2.24, 2.45) is 5.92 Å². The van der Waals surface area contributed by atoms with E-state index in [0.717, 1.165) is 35.9 Å². The van der Waals surface area contributed by atoms with Crippen LogP contribution in [0.15, 0.2) is 23.5 Å². The molecule has 0 aromatic carbocycles. The molecule has 1 heterocycles. The third-order valence-corrected chi connectivity index (χ3v) is 3.10. The summed E-state index contributed by atoms with van der Waals surface area (Å²) in [6.45, 7) is 7.85. The first-order chi connectivity index (χ1) is 7.76. The molecule has 1 rings (SSSR count). The summed E-state index contributed by atoms with van der Waals surface area (Å²) in [5.41, 5.74) is 0. The van der Waals surface area contributed by atoms with E-state index in [4.69, 9.17) is 0 Å². The number of halogens is 1. The Labute approximate surface area is 106 Å². The fourth-order valence-corrected chi connectivity index (χ4v) is 2.00. The molecule has 0 saturated heterocycles. The molecular formula is C12H20BrN3. The maximum absolute atomic E-state index is 4.21. The summed E-state index contributed by atoms with van der Waals surface area (Å²) in [7, 11) is 0. The maximum Gasteiger partial charge on any atom is 0.120 e. The van der Waals surface area contributed by atoms with Crippen molar-refractivity contribution < 1.29 is 0 Å². The maximum atomic E-state index is 4.21. The lowest BCUT2D eigenvalue weighted by atomic mass is 9.99. The van der Waals surface area contributed by atoms with E-state index in [0.29, 0.717) is 0 Å². The van der Waals surface area contributed by atoms with Gasteiger partial charge in [0.15, 0.2) is 0 Å². The van der Waals surface area contributed by atoms with Gasteiger partial charge >= 0.3 is 0 Å². The molecule has 0 fully saturated rings. The van der Waals surface area contributed by atoms with Crippen LogP contribution in [0.25, 0.3) is 0 Å². The second-order valence-corrected chi connectivity index (χ2v) is 4.80. The Morgan fingerprint density at radius 2 is 2.50 bits per heavy atom. The van der Waals surface area contributed by atoms with Gasteiger partial charge in [0, 0.05) is 0 Å². The molecule has 0 amide bonds. The number of hydrogen-bond donors (Lipinski definition) is 2. The number of allylic oxidation sites excluding steroid dienone is 1. The van der Waals surface area contributed by atoms with Crippen LogP contribution in [0.5, 0.6) is 0 Å². The summed E-state index contributed by atoms with van der Waals surface area (Å²) < 4.78 is 0.933. The number of nitrogens with one attached hydrogen (secondary N) is 2. The Balaban J connectivity index is 2.13. The van der Waals surface area contributed by atoms with Gasteiger partial charge in [-0.2, -0.15) is 0 Å². The van der Waals surface area contributed by atoms with Crippen LogP contribution in [0, 0.1) is 5.92 Å². The lowest BCUT2D eigenvalue weighted by Crippen LogP contribution is -2.18. The van der Waals surface area contributed by atoms with Crippen LogP contribution in [0.2, 0.25) is 0 Å². The van der Waals surface area contributed by atoms with Gasteiger partial charge in [0.1, 0.15) is 10.4 Å². The molecule has 1 unspecified atom stereocenters. The number of hydrogen-bond acceptors (Lipinski definition) is 2. The minimum atomic E-state index is 0.758. The molecule has 0 radical (unpaired) electrons. The highest BCUT2D eigenvalue weighted by atomic mass is 79.9. The number of nitrogens with zero attached hydrogens (tertiary/aromatic N) is 1. The Kier molecular flexibility index (Phi) is 6.42. The smallest absolute Gasteiger partial charge is 0.120 e. The molecule has 0 aliphatic rings. The third kappa shape index (κ3) is 4.94. The fraction of sp³-hybridized carbons (Fsp3) is 0.583. The fourth-order valence-electron chi connectivity index (χ4n) is 1.66. The van der Waals surface area contributed by atoms with Gasteiger partial charge < -0.3 is 10.3 Å². The average Bonchev–Trinajstić information content (AvgIpc) is 2.69. The topological polar surface area (TPSA) is 40.7 Å². The summed E-state index contributed by atoms with van der Waals surface area (Å²) in [6.07, 6.45) is 7.33. The van der Waals surface area contributed by atoms with E-state index in [9.17, 15) is 0 Å². The van der Waals surface area contributed by atoms with Crippen molar-refractivity contribution in [2.75, 3.05) is 6.54 Å². The molecule has 2 N–H and O–H groups in total. The van der Waals surface area contributed by atoms with E-state index in [-0.39, 0.29) is 0 Å². The summed E-state index contributed by atoms with van der Waals surface area (Å²) in [4.78, 5) is 7.34. The van der Waals surface area contributed by atoms with Crippen molar-refractivity contribution in [3.8, 4) is 0 Å². The highest BCUT2D eigenvalue weighted by molar-refractivity contribution is 9.10. The first-order valence-electron chi connectivity index (χ1n) is 5.77. The molecule has 0 spiro atoms. The Morgan fingerprint density at radius 1 is 1.69 bits per heavy atom. The summed E-state index contributed by atoms with van der Waals surface area (Å²) in [6, 6.07) is 0. The van der Waals surface area contributed by atoms with Crippen LogP contribution in [0.1, 0.15) is 32.0 Å². The van der Waals surface area contributed by atoms with E-state index < -0.39 is 0 Å². The van der Waals surface area contributed by atoms with Crippen LogP contribution < -0.4 is 5.32 Å². The number of H-pyrrole nitrogens is 1. The number of imidazole rings is 1. The zero-order valence-corrected chi connectivity index (χ0v) is 11.4. The van der Waals surface area contributed by atoms with Gasteiger partial charge in [-0.1, -0.05) is 19.4 Å². The SMILES string of the molecule is C=CCC(CC)CCNCc1ncc(Br)[nH]1. The van der Waals surface area contributed by atoms with Gasteiger partial charge in [-0.15, -0.1) is 6.58 Å². The van der Waals surface area contributed by atoms with Crippen LogP contribution in [0.4, 0.5) is 0 Å². The van der Waals surface area contributed by atoms with Crippen molar-refractivity contribution in [2.45, 2.75) is 32.7 Å². The van der Waals surface area contributed by atoms with Crippen LogP contribution in [-0.4, -0.2) is 16.5 Å². The Morgan fingerprint density at radius 3 is 3.06 bits per heavy atom. The highest BCUT2D eigenvalue weighted by Crippen LogP contribution is 2.12. The monoisotopic (exact) mass is 285 g/mol. The minimum Gasteiger partial charge on any atom is -0.336 e. The zero-order chi connectivity index (χ0) is 11.8. The molecule has 90 valence electrons. The second-order valence-electron chi connectivity index (χ2n) is 3.94. The van der Waals surface area contributed by atoms with Crippen molar-refractivity contribution in [1.82, 2.24) is 15.3 Å².